The van der Waals surface area contributed by atoms with Crippen LogP contribution in [0.3, 0.4) is 0 Å². The lowest BCUT2D eigenvalue weighted by atomic mass is 10.1. The van der Waals surface area contributed by atoms with Gasteiger partial charge in [0.25, 0.3) is 0 Å². The molecule has 1 aliphatic rings. The SMILES string of the molecule is C=CC1=C(\C=C)CPc2ccccc2/C=C\1. The molecule has 0 saturated carbocycles. The van der Waals surface area contributed by atoms with Crippen molar-refractivity contribution in [2.45, 2.75) is 0 Å². The molecule has 1 aromatic rings. The van der Waals surface area contributed by atoms with Crippen LogP contribution in [0.25, 0.3) is 6.08 Å². The van der Waals surface area contributed by atoms with Crippen LogP contribution < -0.4 is 5.30 Å². The van der Waals surface area contributed by atoms with Gasteiger partial charge in [0.1, 0.15) is 0 Å². The van der Waals surface area contributed by atoms with E-state index in [0.29, 0.717) is 0 Å². The van der Waals surface area contributed by atoms with Gasteiger partial charge in [0.15, 0.2) is 0 Å². The van der Waals surface area contributed by atoms with Crippen LogP contribution >= 0.6 is 8.58 Å². The van der Waals surface area contributed by atoms with Gasteiger partial charge >= 0.3 is 0 Å². The zero-order valence-electron chi connectivity index (χ0n) is 9.24. The molecule has 0 aromatic heterocycles. The molecule has 0 radical (unpaired) electrons. The summed E-state index contributed by atoms with van der Waals surface area (Å²) in [6.45, 7) is 7.73. The van der Waals surface area contributed by atoms with Crippen molar-refractivity contribution in [2.75, 3.05) is 6.16 Å². The van der Waals surface area contributed by atoms with Crippen LogP contribution in [-0.4, -0.2) is 6.16 Å². The Morgan fingerprint density at radius 3 is 2.62 bits per heavy atom. The molecular formula is C15H15P. The molecule has 1 heterocycles. The molecule has 0 fully saturated rings. The van der Waals surface area contributed by atoms with E-state index in [1.807, 2.05) is 12.2 Å². The second kappa shape index (κ2) is 5.09. The first kappa shape index (κ1) is 11.1. The third kappa shape index (κ3) is 2.23. The molecule has 0 amide bonds. The number of hydrogen-bond acceptors (Lipinski definition) is 0. The Morgan fingerprint density at radius 1 is 1.06 bits per heavy atom. The van der Waals surface area contributed by atoms with E-state index in [1.165, 1.54) is 22.0 Å². The molecule has 0 N–H and O–H groups in total. The predicted molar refractivity (Wildman–Crippen MR) is 75.7 cm³/mol. The summed E-state index contributed by atoms with van der Waals surface area (Å²) in [7, 11) is 0.809. The Labute approximate surface area is 98.9 Å². The molecule has 0 aliphatic carbocycles. The summed E-state index contributed by atoms with van der Waals surface area (Å²) in [5.41, 5.74) is 3.80. The van der Waals surface area contributed by atoms with E-state index in [1.54, 1.807) is 0 Å². The summed E-state index contributed by atoms with van der Waals surface area (Å²) in [5, 5.41) is 1.43. The summed E-state index contributed by atoms with van der Waals surface area (Å²) < 4.78 is 0. The quantitative estimate of drug-likeness (QED) is 0.675. The molecule has 1 atom stereocenters. The van der Waals surface area contributed by atoms with Crippen molar-refractivity contribution >= 4 is 20.0 Å². The molecule has 80 valence electrons. The van der Waals surface area contributed by atoms with Gasteiger partial charge in [0.2, 0.25) is 0 Å². The zero-order valence-corrected chi connectivity index (χ0v) is 10.2. The highest BCUT2D eigenvalue weighted by atomic mass is 31.1. The summed E-state index contributed by atoms with van der Waals surface area (Å²) in [5.74, 6) is 0. The topological polar surface area (TPSA) is 0 Å². The minimum atomic E-state index is 0.809. The highest BCUT2D eigenvalue weighted by Gasteiger charge is 2.05. The van der Waals surface area contributed by atoms with Crippen molar-refractivity contribution in [3.63, 3.8) is 0 Å². The van der Waals surface area contributed by atoms with Crippen LogP contribution in [0.1, 0.15) is 5.56 Å². The summed E-state index contributed by atoms with van der Waals surface area (Å²) in [4.78, 5) is 0. The minimum Gasteiger partial charge on any atom is -0.0988 e. The fourth-order valence-corrected chi connectivity index (χ4v) is 3.09. The van der Waals surface area contributed by atoms with Crippen molar-refractivity contribution in [1.29, 1.82) is 0 Å². The van der Waals surface area contributed by atoms with Gasteiger partial charge in [-0.15, -0.1) is 0 Å². The van der Waals surface area contributed by atoms with Crippen molar-refractivity contribution in [3.05, 3.63) is 72.4 Å². The van der Waals surface area contributed by atoms with Gasteiger partial charge < -0.3 is 0 Å². The predicted octanol–water partition coefficient (Wildman–Crippen LogP) is 3.69. The van der Waals surface area contributed by atoms with Crippen molar-refractivity contribution in [2.24, 2.45) is 0 Å². The van der Waals surface area contributed by atoms with Crippen LogP contribution in [0, 0.1) is 0 Å². The van der Waals surface area contributed by atoms with E-state index in [0.717, 1.165) is 14.7 Å². The van der Waals surface area contributed by atoms with Crippen molar-refractivity contribution < 1.29 is 0 Å². The molecule has 0 bridgehead atoms. The standard InChI is InChI=1S/C15H15P/c1-3-12-9-10-14-7-5-6-8-15(14)16-11-13(12)4-2/h3-10,16H,1-2,11H2/b10-9-,13-12-. The largest absolute Gasteiger partial charge is 0.0988 e. The molecule has 0 spiro atoms. The molecule has 0 nitrogen and oxygen atoms in total. The first-order valence-corrected chi connectivity index (χ1v) is 6.55. The summed E-state index contributed by atoms with van der Waals surface area (Å²) >= 11 is 0. The number of fused-ring (bicyclic) bond motifs is 1. The highest BCUT2D eigenvalue weighted by Crippen LogP contribution is 2.24. The lowest BCUT2D eigenvalue weighted by Gasteiger charge is -2.12. The molecule has 1 heteroatoms. The highest BCUT2D eigenvalue weighted by molar-refractivity contribution is 7.47. The average molecular weight is 226 g/mol. The Hall–Kier alpha value is -1.39. The van der Waals surface area contributed by atoms with E-state index in [2.05, 4.69) is 49.6 Å². The maximum absolute atomic E-state index is 3.88. The van der Waals surface area contributed by atoms with Crippen LogP contribution in [0.2, 0.25) is 0 Å². The summed E-state index contributed by atoms with van der Waals surface area (Å²) in [6, 6.07) is 8.56. The van der Waals surface area contributed by atoms with Gasteiger partial charge in [-0.1, -0.05) is 70.3 Å². The fraction of sp³-hybridized carbons (Fsp3) is 0.0667. The van der Waals surface area contributed by atoms with Gasteiger partial charge in [-0.3, -0.25) is 0 Å². The number of benzene rings is 1. The smallest absolute Gasteiger partial charge is 0.00543 e. The van der Waals surface area contributed by atoms with Crippen LogP contribution in [-0.2, 0) is 0 Å². The molecule has 0 saturated heterocycles. The van der Waals surface area contributed by atoms with Gasteiger partial charge in [-0.05, 0) is 28.2 Å². The zero-order chi connectivity index (χ0) is 11.4. The lowest BCUT2D eigenvalue weighted by Crippen LogP contribution is -2.03. The van der Waals surface area contributed by atoms with Crippen molar-refractivity contribution in [1.82, 2.24) is 0 Å². The number of allylic oxidation sites excluding steroid dienone is 5. The lowest BCUT2D eigenvalue weighted by molar-refractivity contribution is 1.47. The third-order valence-electron chi connectivity index (χ3n) is 2.71. The van der Waals surface area contributed by atoms with E-state index < -0.39 is 0 Å². The maximum Gasteiger partial charge on any atom is -0.00543 e. The third-order valence-corrected chi connectivity index (χ3v) is 4.10. The van der Waals surface area contributed by atoms with E-state index >= 15 is 0 Å². The maximum atomic E-state index is 3.88. The first-order valence-electron chi connectivity index (χ1n) is 5.34. The van der Waals surface area contributed by atoms with E-state index in [-0.39, 0.29) is 0 Å². The van der Waals surface area contributed by atoms with E-state index in [4.69, 9.17) is 0 Å². The Kier molecular flexibility index (Phi) is 3.54. The van der Waals surface area contributed by atoms with Crippen LogP contribution in [0.15, 0.2) is 66.8 Å². The number of rotatable bonds is 2. The minimum absolute atomic E-state index is 0.809. The van der Waals surface area contributed by atoms with E-state index in [9.17, 15) is 0 Å². The second-order valence-corrected chi connectivity index (χ2v) is 4.91. The average Bonchev–Trinajstić information content (AvgIpc) is 2.31. The van der Waals surface area contributed by atoms with Crippen molar-refractivity contribution in [3.8, 4) is 0 Å². The first-order chi connectivity index (χ1) is 7.85. The number of hydrogen-bond donors (Lipinski definition) is 0. The Balaban J connectivity index is 2.46. The van der Waals surface area contributed by atoms with Gasteiger partial charge in [0, 0.05) is 0 Å². The monoisotopic (exact) mass is 226 g/mol. The molecule has 1 aliphatic heterocycles. The molecule has 1 aromatic carbocycles. The normalized spacial score (nSPS) is 23.0. The van der Waals surface area contributed by atoms with Gasteiger partial charge in [0.05, 0.1) is 0 Å². The fourth-order valence-electron chi connectivity index (χ4n) is 1.77. The van der Waals surface area contributed by atoms with Gasteiger partial charge in [-0.2, -0.15) is 0 Å². The molecule has 2 rings (SSSR count). The Morgan fingerprint density at radius 2 is 1.88 bits per heavy atom. The Bertz CT molecular complexity index is 478. The van der Waals surface area contributed by atoms with Crippen LogP contribution in [0.5, 0.6) is 0 Å². The summed E-state index contributed by atoms with van der Waals surface area (Å²) in [6.07, 6.45) is 9.22. The van der Waals surface area contributed by atoms with Crippen LogP contribution in [0.4, 0.5) is 0 Å². The van der Waals surface area contributed by atoms with Gasteiger partial charge in [-0.25, -0.2) is 0 Å². The molecular weight excluding hydrogens is 211 g/mol. The molecule has 1 unspecified atom stereocenters. The second-order valence-electron chi connectivity index (χ2n) is 3.66. The molecule has 16 heavy (non-hydrogen) atoms.